The SMILES string of the molecule is Cc1cc(OCC2(CC(=O)N3CCN(C)CC3)CCN(S(=O)(=O)c3cccc(F)c3)CC2)ccc1Cl. The smallest absolute Gasteiger partial charge is 0.243 e. The van der Waals surface area contributed by atoms with Crippen LogP contribution < -0.4 is 4.74 Å². The van der Waals surface area contributed by atoms with Crippen molar-refractivity contribution in [3.63, 3.8) is 0 Å². The molecule has 2 aromatic carbocycles. The minimum absolute atomic E-state index is 0.0589. The summed E-state index contributed by atoms with van der Waals surface area (Å²) in [6.07, 6.45) is 1.22. The number of rotatable bonds is 7. The molecule has 4 rings (SSSR count). The Kier molecular flexibility index (Phi) is 8.24. The molecule has 10 heteroatoms. The third-order valence-electron chi connectivity index (χ3n) is 7.27. The number of ether oxygens (including phenoxy) is 1. The van der Waals surface area contributed by atoms with Crippen molar-refractivity contribution in [3.05, 3.63) is 58.9 Å². The summed E-state index contributed by atoms with van der Waals surface area (Å²) >= 11 is 6.15. The Morgan fingerprint density at radius 3 is 2.39 bits per heavy atom. The van der Waals surface area contributed by atoms with Crippen molar-refractivity contribution in [2.45, 2.75) is 31.1 Å². The third kappa shape index (κ3) is 6.19. The number of amides is 1. The van der Waals surface area contributed by atoms with E-state index in [2.05, 4.69) is 4.90 Å². The van der Waals surface area contributed by atoms with Crippen LogP contribution in [0, 0.1) is 18.2 Å². The van der Waals surface area contributed by atoms with Crippen LogP contribution >= 0.6 is 11.6 Å². The van der Waals surface area contributed by atoms with E-state index >= 15 is 0 Å². The molecule has 1 amide bonds. The summed E-state index contributed by atoms with van der Waals surface area (Å²) in [4.78, 5) is 17.3. The van der Waals surface area contributed by atoms with Crippen LogP contribution in [0.15, 0.2) is 47.4 Å². The van der Waals surface area contributed by atoms with Crippen LogP contribution in [-0.2, 0) is 14.8 Å². The average molecular weight is 538 g/mol. The van der Waals surface area contributed by atoms with Gasteiger partial charge in [-0.15, -0.1) is 0 Å². The van der Waals surface area contributed by atoms with Crippen LogP contribution in [0.1, 0.15) is 24.8 Å². The first kappa shape index (κ1) is 26.9. The maximum atomic E-state index is 13.7. The van der Waals surface area contributed by atoms with Gasteiger partial charge in [-0.2, -0.15) is 4.31 Å². The minimum atomic E-state index is -3.83. The summed E-state index contributed by atoms with van der Waals surface area (Å²) in [5.41, 5.74) is 0.384. The molecule has 7 nitrogen and oxygen atoms in total. The molecular weight excluding hydrogens is 505 g/mol. The first-order chi connectivity index (χ1) is 17.1. The molecule has 2 aromatic rings. The standard InChI is InChI=1S/C26H33ClFN3O4S/c1-20-16-22(6-7-24(20)27)35-19-26(18-25(32)30-14-12-29(2)13-15-30)8-10-31(11-9-26)36(33,34)23-5-3-4-21(28)17-23/h3-7,16-17H,8-15,18-19H2,1-2H3. The molecule has 0 N–H and O–H groups in total. The van der Waals surface area contributed by atoms with Crippen LogP contribution in [0.2, 0.25) is 5.02 Å². The lowest BCUT2D eigenvalue weighted by atomic mass is 9.76. The Balaban J connectivity index is 1.50. The highest BCUT2D eigenvalue weighted by atomic mass is 35.5. The number of benzene rings is 2. The third-order valence-corrected chi connectivity index (χ3v) is 9.59. The Hall–Kier alpha value is -2.20. The number of piperazine rings is 1. The number of hydrogen-bond acceptors (Lipinski definition) is 5. The number of hydrogen-bond donors (Lipinski definition) is 0. The van der Waals surface area contributed by atoms with Crippen molar-refractivity contribution in [2.75, 3.05) is 52.9 Å². The number of piperidine rings is 1. The van der Waals surface area contributed by atoms with E-state index in [0.717, 1.165) is 24.7 Å². The second-order valence-corrected chi connectivity index (χ2v) is 12.3. The van der Waals surface area contributed by atoms with Gasteiger partial charge in [-0.25, -0.2) is 12.8 Å². The molecule has 0 atom stereocenters. The molecule has 2 fully saturated rings. The molecule has 2 aliphatic heterocycles. The van der Waals surface area contributed by atoms with Gasteiger partial charge in [0, 0.05) is 56.1 Å². The monoisotopic (exact) mass is 537 g/mol. The summed E-state index contributed by atoms with van der Waals surface area (Å²) in [5, 5.41) is 0.651. The summed E-state index contributed by atoms with van der Waals surface area (Å²) in [7, 11) is -1.79. The molecule has 36 heavy (non-hydrogen) atoms. The zero-order valence-electron chi connectivity index (χ0n) is 20.8. The van der Waals surface area contributed by atoms with E-state index in [0.29, 0.717) is 43.3 Å². The molecule has 0 saturated carbocycles. The van der Waals surface area contributed by atoms with Crippen molar-refractivity contribution in [1.82, 2.24) is 14.1 Å². The van der Waals surface area contributed by atoms with Gasteiger partial charge in [-0.05, 0) is 68.8 Å². The fourth-order valence-corrected chi connectivity index (χ4v) is 6.37. The Morgan fingerprint density at radius 1 is 1.06 bits per heavy atom. The molecule has 2 heterocycles. The van der Waals surface area contributed by atoms with Gasteiger partial charge in [-0.3, -0.25) is 4.79 Å². The number of carbonyl (C=O) groups is 1. The lowest BCUT2D eigenvalue weighted by Gasteiger charge is -2.42. The molecular formula is C26H33ClFN3O4S. The highest BCUT2D eigenvalue weighted by molar-refractivity contribution is 7.89. The summed E-state index contributed by atoms with van der Waals surface area (Å²) in [5.74, 6) is 0.144. The maximum absolute atomic E-state index is 13.7. The van der Waals surface area contributed by atoms with Gasteiger partial charge in [0.2, 0.25) is 15.9 Å². The van der Waals surface area contributed by atoms with Gasteiger partial charge in [0.05, 0.1) is 11.5 Å². The lowest BCUT2D eigenvalue weighted by molar-refractivity contribution is -0.136. The molecule has 0 spiro atoms. The van der Waals surface area contributed by atoms with E-state index in [-0.39, 0.29) is 30.3 Å². The fourth-order valence-electron chi connectivity index (χ4n) is 4.78. The molecule has 0 bridgehead atoms. The average Bonchev–Trinajstić information content (AvgIpc) is 2.85. The molecule has 2 aliphatic rings. The van der Waals surface area contributed by atoms with E-state index in [9.17, 15) is 17.6 Å². The first-order valence-corrected chi connectivity index (χ1v) is 14.0. The van der Waals surface area contributed by atoms with Crippen molar-refractivity contribution in [1.29, 1.82) is 0 Å². The van der Waals surface area contributed by atoms with Crippen LogP contribution in [0.5, 0.6) is 5.75 Å². The topological polar surface area (TPSA) is 70.2 Å². The fraction of sp³-hybridized carbons (Fsp3) is 0.500. The van der Waals surface area contributed by atoms with E-state index in [4.69, 9.17) is 16.3 Å². The van der Waals surface area contributed by atoms with Gasteiger partial charge < -0.3 is 14.5 Å². The molecule has 0 aliphatic carbocycles. The van der Waals surface area contributed by atoms with Crippen molar-refractivity contribution < 1.29 is 22.3 Å². The van der Waals surface area contributed by atoms with Crippen LogP contribution in [-0.4, -0.2) is 81.4 Å². The van der Waals surface area contributed by atoms with Gasteiger partial charge in [0.15, 0.2) is 0 Å². The zero-order valence-corrected chi connectivity index (χ0v) is 22.3. The van der Waals surface area contributed by atoms with Gasteiger partial charge in [0.25, 0.3) is 0 Å². The Bertz CT molecular complexity index is 1190. The van der Waals surface area contributed by atoms with Gasteiger partial charge >= 0.3 is 0 Å². The van der Waals surface area contributed by atoms with E-state index in [1.54, 1.807) is 12.1 Å². The molecule has 196 valence electrons. The normalized spacial score (nSPS) is 19.3. The second kappa shape index (κ2) is 11.0. The maximum Gasteiger partial charge on any atom is 0.243 e. The van der Waals surface area contributed by atoms with Crippen molar-refractivity contribution in [2.24, 2.45) is 5.41 Å². The molecule has 0 aromatic heterocycles. The lowest BCUT2D eigenvalue weighted by Crippen LogP contribution is -2.51. The van der Waals surface area contributed by atoms with E-state index < -0.39 is 21.3 Å². The number of nitrogens with zero attached hydrogens (tertiary/aromatic N) is 3. The van der Waals surface area contributed by atoms with E-state index in [1.165, 1.54) is 22.5 Å². The summed E-state index contributed by atoms with van der Waals surface area (Å²) < 4.78 is 47.5. The van der Waals surface area contributed by atoms with Crippen LogP contribution in [0.3, 0.4) is 0 Å². The predicted octanol–water partition coefficient (Wildman–Crippen LogP) is 3.80. The Morgan fingerprint density at radius 2 is 1.75 bits per heavy atom. The first-order valence-electron chi connectivity index (χ1n) is 12.2. The zero-order chi connectivity index (χ0) is 25.9. The highest BCUT2D eigenvalue weighted by Crippen LogP contribution is 2.38. The van der Waals surface area contributed by atoms with Gasteiger partial charge in [0.1, 0.15) is 11.6 Å². The Labute approximate surface area is 217 Å². The molecule has 0 radical (unpaired) electrons. The van der Waals surface area contributed by atoms with Crippen LogP contribution in [0.25, 0.3) is 0 Å². The largest absolute Gasteiger partial charge is 0.493 e. The van der Waals surface area contributed by atoms with E-state index in [1.807, 2.05) is 24.9 Å². The highest BCUT2D eigenvalue weighted by Gasteiger charge is 2.42. The number of sulfonamides is 1. The molecule has 2 saturated heterocycles. The van der Waals surface area contributed by atoms with Gasteiger partial charge in [-0.1, -0.05) is 17.7 Å². The van der Waals surface area contributed by atoms with Crippen molar-refractivity contribution in [3.8, 4) is 5.75 Å². The predicted molar refractivity (Wildman–Crippen MR) is 137 cm³/mol. The quantitative estimate of drug-likeness (QED) is 0.537. The van der Waals surface area contributed by atoms with Crippen molar-refractivity contribution >= 4 is 27.5 Å². The number of halogens is 2. The second-order valence-electron chi connectivity index (χ2n) is 9.92. The number of carbonyl (C=O) groups excluding carboxylic acids is 1. The summed E-state index contributed by atoms with van der Waals surface area (Å²) in [6.45, 7) is 5.69. The molecule has 0 unspecified atom stereocenters. The number of aryl methyl sites for hydroxylation is 1. The number of likely N-dealkylation sites (N-methyl/N-ethyl adjacent to an activating group) is 1. The minimum Gasteiger partial charge on any atom is -0.493 e. The summed E-state index contributed by atoms with van der Waals surface area (Å²) in [6, 6.07) is 10.5. The van der Waals surface area contributed by atoms with Crippen LogP contribution in [0.4, 0.5) is 4.39 Å².